The first-order valence-corrected chi connectivity index (χ1v) is 8.40. The standard InChI is InChI=1S/C17H18FN3O5/c1-20-12-5-10(18)11(6-13(12)26-16(20)25)19-15(24)21-7-9-3-2-4-17(9,8-21)14(22)23/h5-6,9H,2-4,7-8H2,1H3,(H,19,24)(H,22,23)/t9-,17+/m0/s1. The smallest absolute Gasteiger partial charge is 0.419 e. The number of amides is 2. The molecule has 1 aliphatic heterocycles. The number of benzene rings is 1. The van der Waals surface area contributed by atoms with Gasteiger partial charge in [0.2, 0.25) is 0 Å². The molecule has 0 bridgehead atoms. The molecule has 1 aliphatic carbocycles. The zero-order valence-electron chi connectivity index (χ0n) is 14.1. The zero-order valence-corrected chi connectivity index (χ0v) is 14.1. The Morgan fingerprint density at radius 3 is 2.88 bits per heavy atom. The molecular formula is C17H18FN3O5. The van der Waals surface area contributed by atoms with Gasteiger partial charge in [0, 0.05) is 32.3 Å². The lowest BCUT2D eigenvalue weighted by atomic mass is 9.81. The van der Waals surface area contributed by atoms with Gasteiger partial charge in [0.1, 0.15) is 5.82 Å². The van der Waals surface area contributed by atoms with E-state index in [2.05, 4.69) is 5.32 Å². The number of aryl methyl sites for hydroxylation is 1. The van der Waals surface area contributed by atoms with Crippen LogP contribution in [0.25, 0.3) is 11.1 Å². The summed E-state index contributed by atoms with van der Waals surface area (Å²) in [5.74, 6) is -2.28. The number of urea groups is 1. The van der Waals surface area contributed by atoms with Gasteiger partial charge in [-0.3, -0.25) is 9.36 Å². The van der Waals surface area contributed by atoms with Crippen LogP contribution in [0.2, 0.25) is 0 Å². The lowest BCUT2D eigenvalue weighted by molar-refractivity contribution is -0.149. The van der Waals surface area contributed by atoms with Crippen LogP contribution in [0, 0.1) is 17.2 Å². The van der Waals surface area contributed by atoms with E-state index >= 15 is 0 Å². The van der Waals surface area contributed by atoms with Crippen LogP contribution in [0.1, 0.15) is 19.3 Å². The topological polar surface area (TPSA) is 105 Å². The van der Waals surface area contributed by atoms with Gasteiger partial charge in [-0.15, -0.1) is 0 Å². The van der Waals surface area contributed by atoms with E-state index in [0.29, 0.717) is 13.0 Å². The number of carbonyl (C=O) groups excluding carboxylic acids is 1. The number of aromatic nitrogens is 1. The van der Waals surface area contributed by atoms with Crippen LogP contribution in [0.5, 0.6) is 0 Å². The zero-order chi connectivity index (χ0) is 18.6. The third-order valence-corrected chi connectivity index (χ3v) is 5.71. The fourth-order valence-electron chi connectivity index (χ4n) is 4.23. The highest BCUT2D eigenvalue weighted by atomic mass is 19.1. The van der Waals surface area contributed by atoms with Gasteiger partial charge in [0.25, 0.3) is 0 Å². The monoisotopic (exact) mass is 363 g/mol. The molecule has 2 amide bonds. The first-order valence-electron chi connectivity index (χ1n) is 8.40. The van der Waals surface area contributed by atoms with E-state index in [9.17, 15) is 23.9 Å². The Morgan fingerprint density at radius 1 is 1.42 bits per heavy atom. The predicted octanol–water partition coefficient (Wildman–Crippen LogP) is 1.99. The Morgan fingerprint density at radius 2 is 2.19 bits per heavy atom. The summed E-state index contributed by atoms with van der Waals surface area (Å²) in [5, 5.41) is 12.1. The minimum atomic E-state index is -0.897. The van der Waals surface area contributed by atoms with Crippen LogP contribution in [-0.2, 0) is 11.8 Å². The minimum Gasteiger partial charge on any atom is -0.481 e. The first kappa shape index (κ1) is 16.6. The second kappa shape index (κ2) is 5.58. The van der Waals surface area contributed by atoms with Crippen molar-refractivity contribution < 1.29 is 23.5 Å². The Bertz CT molecular complexity index is 981. The fourth-order valence-corrected chi connectivity index (χ4v) is 4.23. The summed E-state index contributed by atoms with van der Waals surface area (Å²) in [7, 11) is 1.46. The second-order valence-corrected chi connectivity index (χ2v) is 7.09. The number of aliphatic carboxylic acids is 1. The summed E-state index contributed by atoms with van der Waals surface area (Å²) in [5.41, 5.74) is -0.565. The van der Waals surface area contributed by atoms with Crippen LogP contribution in [-0.4, -0.2) is 39.7 Å². The quantitative estimate of drug-likeness (QED) is 0.849. The van der Waals surface area contributed by atoms with Gasteiger partial charge in [-0.05, 0) is 18.8 Å². The minimum absolute atomic E-state index is 0.0785. The molecule has 2 aromatic rings. The van der Waals surface area contributed by atoms with Crippen molar-refractivity contribution in [3.8, 4) is 0 Å². The van der Waals surface area contributed by atoms with E-state index < -0.39 is 29.0 Å². The number of rotatable bonds is 2. The van der Waals surface area contributed by atoms with Crippen molar-refractivity contribution in [3.05, 3.63) is 28.5 Å². The number of nitrogens with zero attached hydrogens (tertiary/aromatic N) is 2. The van der Waals surface area contributed by atoms with Crippen molar-refractivity contribution in [2.75, 3.05) is 18.4 Å². The summed E-state index contributed by atoms with van der Waals surface area (Å²) in [6.45, 7) is 0.450. The molecule has 2 heterocycles. The number of halogens is 1. The van der Waals surface area contributed by atoms with Crippen LogP contribution in [0.3, 0.4) is 0 Å². The van der Waals surface area contributed by atoms with Crippen LogP contribution in [0.4, 0.5) is 14.9 Å². The molecule has 2 atom stereocenters. The van der Waals surface area contributed by atoms with Gasteiger partial charge in [-0.1, -0.05) is 6.42 Å². The van der Waals surface area contributed by atoms with Crippen molar-refractivity contribution in [2.45, 2.75) is 19.3 Å². The summed E-state index contributed by atoms with van der Waals surface area (Å²) in [4.78, 5) is 37.2. The highest BCUT2D eigenvalue weighted by Gasteiger charge is 2.55. The van der Waals surface area contributed by atoms with Crippen LogP contribution in [0.15, 0.2) is 21.3 Å². The molecule has 2 N–H and O–H groups in total. The number of carboxylic acid groups (broad SMARTS) is 1. The summed E-state index contributed by atoms with van der Waals surface area (Å²) in [6.07, 6.45) is 2.16. The molecular weight excluding hydrogens is 345 g/mol. The average molecular weight is 363 g/mol. The molecule has 0 spiro atoms. The number of hydrogen-bond acceptors (Lipinski definition) is 4. The van der Waals surface area contributed by atoms with Gasteiger partial charge in [-0.2, -0.15) is 0 Å². The molecule has 138 valence electrons. The molecule has 4 rings (SSSR count). The summed E-state index contributed by atoms with van der Waals surface area (Å²) < 4.78 is 20.5. The Kier molecular flexibility index (Phi) is 3.57. The van der Waals surface area contributed by atoms with Gasteiger partial charge in [-0.25, -0.2) is 14.0 Å². The number of fused-ring (bicyclic) bond motifs is 2. The molecule has 0 unspecified atom stereocenters. The highest BCUT2D eigenvalue weighted by molar-refractivity contribution is 5.93. The second-order valence-electron chi connectivity index (χ2n) is 7.09. The van der Waals surface area contributed by atoms with Crippen molar-refractivity contribution in [3.63, 3.8) is 0 Å². The molecule has 1 aromatic carbocycles. The predicted molar refractivity (Wildman–Crippen MR) is 89.4 cm³/mol. The summed E-state index contributed by atoms with van der Waals surface area (Å²) >= 11 is 0. The van der Waals surface area contributed by atoms with Crippen molar-refractivity contribution in [1.29, 1.82) is 0 Å². The third-order valence-electron chi connectivity index (χ3n) is 5.71. The molecule has 1 aromatic heterocycles. The molecule has 8 nitrogen and oxygen atoms in total. The van der Waals surface area contributed by atoms with Crippen molar-refractivity contribution >= 4 is 28.8 Å². The maximum absolute atomic E-state index is 14.3. The number of carboxylic acids is 1. The van der Waals surface area contributed by atoms with Crippen LogP contribution >= 0.6 is 0 Å². The van der Waals surface area contributed by atoms with Gasteiger partial charge in [0.05, 0.1) is 16.6 Å². The Hall–Kier alpha value is -2.84. The molecule has 1 saturated carbocycles. The molecule has 26 heavy (non-hydrogen) atoms. The SMILES string of the molecule is Cn1c(=O)oc2cc(NC(=O)N3C[C@@H]4CCC[C@@]4(C(=O)O)C3)c(F)cc21. The molecule has 9 heteroatoms. The highest BCUT2D eigenvalue weighted by Crippen LogP contribution is 2.49. The van der Waals surface area contributed by atoms with Gasteiger partial charge >= 0.3 is 17.8 Å². The van der Waals surface area contributed by atoms with E-state index in [1.165, 1.54) is 22.6 Å². The molecule has 2 fully saturated rings. The van der Waals surface area contributed by atoms with E-state index in [1.807, 2.05) is 0 Å². The lowest BCUT2D eigenvalue weighted by Gasteiger charge is -2.23. The van der Waals surface area contributed by atoms with E-state index in [0.717, 1.165) is 18.9 Å². The third kappa shape index (κ3) is 2.30. The first-order chi connectivity index (χ1) is 12.3. The number of carbonyl (C=O) groups is 2. The number of oxazole rings is 1. The Balaban J connectivity index is 1.57. The number of anilines is 1. The molecule has 0 radical (unpaired) electrons. The van der Waals surface area contributed by atoms with E-state index in [-0.39, 0.29) is 29.2 Å². The van der Waals surface area contributed by atoms with Gasteiger partial charge < -0.3 is 19.7 Å². The van der Waals surface area contributed by atoms with Crippen molar-refractivity contribution in [1.82, 2.24) is 9.47 Å². The van der Waals surface area contributed by atoms with E-state index in [1.54, 1.807) is 0 Å². The Labute approximate surface area is 147 Å². The normalized spacial score (nSPS) is 24.8. The van der Waals surface area contributed by atoms with Crippen molar-refractivity contribution in [2.24, 2.45) is 18.4 Å². The van der Waals surface area contributed by atoms with Crippen LogP contribution < -0.4 is 11.1 Å². The average Bonchev–Trinajstić information content (AvgIpc) is 3.21. The number of hydrogen-bond donors (Lipinski definition) is 2. The fraction of sp³-hybridized carbons (Fsp3) is 0.471. The summed E-state index contributed by atoms with van der Waals surface area (Å²) in [6, 6.07) is 1.82. The van der Waals surface area contributed by atoms with Gasteiger partial charge in [0.15, 0.2) is 5.58 Å². The lowest BCUT2D eigenvalue weighted by Crippen LogP contribution is -2.38. The molecule has 2 aliphatic rings. The largest absolute Gasteiger partial charge is 0.481 e. The maximum Gasteiger partial charge on any atom is 0.419 e. The number of likely N-dealkylation sites (tertiary alicyclic amines) is 1. The number of nitrogens with one attached hydrogen (secondary N) is 1. The van der Waals surface area contributed by atoms with E-state index in [4.69, 9.17) is 4.42 Å². The maximum atomic E-state index is 14.3. The molecule has 1 saturated heterocycles.